The van der Waals surface area contributed by atoms with E-state index in [-0.39, 0.29) is 17.8 Å². The second-order valence-corrected chi connectivity index (χ2v) is 10.2. The number of benzene rings is 3. The zero-order valence-corrected chi connectivity index (χ0v) is 22.6. The van der Waals surface area contributed by atoms with E-state index < -0.39 is 22.0 Å². The summed E-state index contributed by atoms with van der Waals surface area (Å²) in [6.45, 7) is 1.85. The summed E-state index contributed by atoms with van der Waals surface area (Å²) in [4.78, 5) is 13.6. The second kappa shape index (κ2) is 11.9. The van der Waals surface area contributed by atoms with Gasteiger partial charge < -0.3 is 24.3 Å². The van der Waals surface area contributed by atoms with Crippen LogP contribution in [0.5, 0.6) is 23.0 Å². The second-order valence-electron chi connectivity index (χ2n) is 8.29. The van der Waals surface area contributed by atoms with E-state index >= 15 is 0 Å². The SMILES string of the molecule is COc1ccc([C@@H](C)NC(=O)c2cc(OC)c(OC)cc2N(Cc2ccccc2)S(C)(=O)=O)cc1OC. The Morgan fingerprint density at radius 1 is 0.838 bits per heavy atom. The van der Waals surface area contributed by atoms with Crippen LogP contribution in [-0.4, -0.2) is 49.0 Å². The molecule has 10 heteroatoms. The van der Waals surface area contributed by atoms with Crippen molar-refractivity contribution in [2.45, 2.75) is 19.5 Å². The van der Waals surface area contributed by atoms with Crippen LogP contribution in [0.25, 0.3) is 0 Å². The molecule has 0 aliphatic carbocycles. The highest BCUT2D eigenvalue weighted by atomic mass is 32.2. The Balaban J connectivity index is 2.06. The van der Waals surface area contributed by atoms with Gasteiger partial charge in [-0.05, 0) is 36.2 Å². The van der Waals surface area contributed by atoms with E-state index in [2.05, 4.69) is 5.32 Å². The first-order valence-corrected chi connectivity index (χ1v) is 13.3. The van der Waals surface area contributed by atoms with Gasteiger partial charge in [-0.2, -0.15) is 0 Å². The number of nitrogens with zero attached hydrogens (tertiary/aromatic N) is 1. The van der Waals surface area contributed by atoms with Crippen molar-refractivity contribution in [2.24, 2.45) is 0 Å². The number of nitrogens with one attached hydrogen (secondary N) is 1. The Bertz CT molecular complexity index is 1340. The average molecular weight is 529 g/mol. The maximum Gasteiger partial charge on any atom is 0.254 e. The minimum Gasteiger partial charge on any atom is -0.493 e. The molecule has 1 amide bonds. The number of carbonyl (C=O) groups excluding carboxylic acids is 1. The summed E-state index contributed by atoms with van der Waals surface area (Å²) < 4.78 is 48.5. The Kier molecular flexibility index (Phi) is 8.88. The lowest BCUT2D eigenvalue weighted by Gasteiger charge is -2.26. The molecule has 0 heterocycles. The fraction of sp³-hybridized carbons (Fsp3) is 0.296. The largest absolute Gasteiger partial charge is 0.493 e. The van der Waals surface area contributed by atoms with Crippen LogP contribution in [-0.2, 0) is 16.6 Å². The van der Waals surface area contributed by atoms with E-state index in [1.54, 1.807) is 19.2 Å². The molecule has 9 nitrogen and oxygen atoms in total. The van der Waals surface area contributed by atoms with Gasteiger partial charge in [-0.15, -0.1) is 0 Å². The van der Waals surface area contributed by atoms with Crippen molar-refractivity contribution in [2.75, 3.05) is 39.0 Å². The minimum atomic E-state index is -3.79. The van der Waals surface area contributed by atoms with E-state index in [9.17, 15) is 13.2 Å². The number of hydrogen-bond donors (Lipinski definition) is 1. The molecule has 3 rings (SSSR count). The van der Waals surface area contributed by atoms with Gasteiger partial charge in [0, 0.05) is 6.07 Å². The third-order valence-corrected chi connectivity index (χ3v) is 6.97. The smallest absolute Gasteiger partial charge is 0.254 e. The summed E-state index contributed by atoms with van der Waals surface area (Å²) in [6, 6.07) is 17.0. The summed E-state index contributed by atoms with van der Waals surface area (Å²) >= 11 is 0. The summed E-state index contributed by atoms with van der Waals surface area (Å²) in [6.07, 6.45) is 1.10. The zero-order valence-electron chi connectivity index (χ0n) is 21.8. The molecular weight excluding hydrogens is 496 g/mol. The third-order valence-electron chi connectivity index (χ3n) is 5.84. The first-order chi connectivity index (χ1) is 17.6. The van der Waals surface area contributed by atoms with Gasteiger partial charge in [0.05, 0.1) is 58.5 Å². The predicted octanol–water partition coefficient (Wildman–Crippen LogP) is 4.18. The maximum absolute atomic E-state index is 13.6. The van der Waals surface area contributed by atoms with Gasteiger partial charge in [-0.3, -0.25) is 9.10 Å². The molecule has 3 aromatic carbocycles. The minimum absolute atomic E-state index is 0.0284. The molecule has 198 valence electrons. The van der Waals surface area contributed by atoms with E-state index in [1.165, 1.54) is 37.8 Å². The molecular formula is C27H32N2O7S. The van der Waals surface area contributed by atoms with Crippen LogP contribution >= 0.6 is 0 Å². The van der Waals surface area contributed by atoms with Crippen LogP contribution in [0, 0.1) is 0 Å². The number of anilines is 1. The van der Waals surface area contributed by atoms with Gasteiger partial charge >= 0.3 is 0 Å². The lowest BCUT2D eigenvalue weighted by Crippen LogP contribution is -2.33. The van der Waals surface area contributed by atoms with Crippen molar-refractivity contribution in [3.05, 3.63) is 77.4 Å². The van der Waals surface area contributed by atoms with Gasteiger partial charge in [0.25, 0.3) is 5.91 Å². The van der Waals surface area contributed by atoms with E-state index in [0.29, 0.717) is 23.0 Å². The van der Waals surface area contributed by atoms with Gasteiger partial charge in [-0.1, -0.05) is 36.4 Å². The van der Waals surface area contributed by atoms with Gasteiger partial charge in [-0.25, -0.2) is 8.42 Å². The maximum atomic E-state index is 13.6. The topological polar surface area (TPSA) is 103 Å². The van der Waals surface area contributed by atoms with Crippen LogP contribution in [0.4, 0.5) is 5.69 Å². The monoisotopic (exact) mass is 528 g/mol. The Morgan fingerprint density at radius 2 is 1.41 bits per heavy atom. The standard InChI is InChI=1S/C27H32N2O7S/c1-18(20-12-13-23(33-2)24(14-20)34-3)28-27(30)21-15-25(35-4)26(36-5)16-22(21)29(37(6,31)32)17-19-10-8-7-9-11-19/h7-16,18H,17H2,1-6H3,(H,28,30)/t18-/m1/s1. The first kappa shape index (κ1) is 27.7. The fourth-order valence-corrected chi connectivity index (χ4v) is 4.76. The molecule has 0 aromatic heterocycles. The van der Waals surface area contributed by atoms with Crippen molar-refractivity contribution in [1.29, 1.82) is 0 Å². The van der Waals surface area contributed by atoms with Crippen LogP contribution in [0.15, 0.2) is 60.7 Å². The van der Waals surface area contributed by atoms with Crippen molar-refractivity contribution in [3.63, 3.8) is 0 Å². The molecule has 3 aromatic rings. The van der Waals surface area contributed by atoms with Crippen molar-refractivity contribution >= 4 is 21.6 Å². The van der Waals surface area contributed by atoms with Gasteiger partial charge in [0.15, 0.2) is 23.0 Å². The molecule has 1 atom stereocenters. The van der Waals surface area contributed by atoms with E-state index in [1.807, 2.05) is 43.3 Å². The van der Waals surface area contributed by atoms with Crippen molar-refractivity contribution < 1.29 is 32.2 Å². The van der Waals surface area contributed by atoms with E-state index in [4.69, 9.17) is 18.9 Å². The van der Waals surface area contributed by atoms with Crippen LogP contribution in [0.2, 0.25) is 0 Å². The van der Waals surface area contributed by atoms with Crippen LogP contribution in [0.1, 0.15) is 34.5 Å². The molecule has 0 saturated heterocycles. The molecule has 0 fully saturated rings. The molecule has 0 spiro atoms. The lowest BCUT2D eigenvalue weighted by atomic mass is 10.1. The summed E-state index contributed by atoms with van der Waals surface area (Å²) in [5, 5.41) is 2.95. The molecule has 0 unspecified atom stereocenters. The molecule has 1 N–H and O–H groups in total. The molecule has 0 saturated carbocycles. The number of carbonyl (C=O) groups is 1. The quantitative estimate of drug-likeness (QED) is 0.398. The average Bonchev–Trinajstić information content (AvgIpc) is 2.90. The number of sulfonamides is 1. The molecule has 0 radical (unpaired) electrons. The van der Waals surface area contributed by atoms with E-state index in [0.717, 1.165) is 17.4 Å². The zero-order chi connectivity index (χ0) is 27.2. The highest BCUT2D eigenvalue weighted by Gasteiger charge is 2.27. The van der Waals surface area contributed by atoms with Crippen LogP contribution < -0.4 is 28.6 Å². The normalized spacial score (nSPS) is 11.8. The Labute approximate surface area is 218 Å². The molecule has 0 aliphatic rings. The summed E-state index contributed by atoms with van der Waals surface area (Å²) in [7, 11) is 2.19. The van der Waals surface area contributed by atoms with Gasteiger partial charge in [0.1, 0.15) is 0 Å². The Morgan fingerprint density at radius 3 is 1.97 bits per heavy atom. The third kappa shape index (κ3) is 6.45. The fourth-order valence-electron chi connectivity index (χ4n) is 3.87. The number of amides is 1. The first-order valence-electron chi connectivity index (χ1n) is 11.4. The number of hydrogen-bond acceptors (Lipinski definition) is 7. The number of methoxy groups -OCH3 is 4. The number of rotatable bonds is 11. The van der Waals surface area contributed by atoms with Crippen molar-refractivity contribution in [3.8, 4) is 23.0 Å². The number of ether oxygens (including phenoxy) is 4. The van der Waals surface area contributed by atoms with Crippen molar-refractivity contribution in [1.82, 2.24) is 5.32 Å². The summed E-state index contributed by atoms with van der Waals surface area (Å²) in [5.41, 5.74) is 1.82. The van der Waals surface area contributed by atoms with Crippen LogP contribution in [0.3, 0.4) is 0 Å². The predicted molar refractivity (Wildman–Crippen MR) is 142 cm³/mol. The molecule has 0 aliphatic heterocycles. The van der Waals surface area contributed by atoms with Gasteiger partial charge in [0.2, 0.25) is 10.0 Å². The molecule has 0 bridgehead atoms. The lowest BCUT2D eigenvalue weighted by molar-refractivity contribution is 0.0940. The highest BCUT2D eigenvalue weighted by molar-refractivity contribution is 7.92. The highest BCUT2D eigenvalue weighted by Crippen LogP contribution is 2.37. The summed E-state index contributed by atoms with van der Waals surface area (Å²) in [5.74, 6) is 1.20. The Hall–Kier alpha value is -3.92. The molecule has 37 heavy (non-hydrogen) atoms.